The van der Waals surface area contributed by atoms with E-state index in [2.05, 4.69) is 27.5 Å². The van der Waals surface area contributed by atoms with Gasteiger partial charge in [0, 0.05) is 18.3 Å². The summed E-state index contributed by atoms with van der Waals surface area (Å²) in [7, 11) is 0. The first-order valence-corrected chi connectivity index (χ1v) is 6.17. The van der Waals surface area contributed by atoms with Gasteiger partial charge in [0.1, 0.15) is 6.54 Å². The van der Waals surface area contributed by atoms with Gasteiger partial charge >= 0.3 is 0 Å². The topological polar surface area (TPSA) is 85.8 Å². The molecule has 0 saturated carbocycles. The highest BCUT2D eigenvalue weighted by atomic mass is 16.2. The third-order valence-electron chi connectivity index (χ3n) is 2.60. The van der Waals surface area contributed by atoms with E-state index < -0.39 is 0 Å². The van der Waals surface area contributed by atoms with Crippen molar-refractivity contribution in [1.29, 1.82) is 0 Å². The molecule has 1 amide bonds. The summed E-state index contributed by atoms with van der Waals surface area (Å²) in [5.41, 5.74) is 7.20. The number of carbonyl (C=O) groups is 1. The lowest BCUT2D eigenvalue weighted by Crippen LogP contribution is -2.27. The van der Waals surface area contributed by atoms with Crippen molar-refractivity contribution in [1.82, 2.24) is 20.3 Å². The van der Waals surface area contributed by atoms with Crippen LogP contribution in [0.3, 0.4) is 0 Å². The fourth-order valence-corrected chi connectivity index (χ4v) is 1.66. The van der Waals surface area contributed by atoms with Crippen molar-refractivity contribution in [2.45, 2.75) is 13.1 Å². The van der Waals surface area contributed by atoms with Crippen molar-refractivity contribution >= 4 is 5.91 Å². The van der Waals surface area contributed by atoms with Gasteiger partial charge in [-0.2, -0.15) is 0 Å². The van der Waals surface area contributed by atoms with Crippen LogP contribution in [-0.4, -0.2) is 27.4 Å². The van der Waals surface area contributed by atoms with Crippen LogP contribution in [0.5, 0.6) is 0 Å². The highest BCUT2D eigenvalue weighted by Crippen LogP contribution is 2.06. The van der Waals surface area contributed by atoms with E-state index in [0.717, 1.165) is 11.1 Å². The molecule has 0 aliphatic rings. The molecule has 0 unspecified atom stereocenters. The molecule has 0 atom stereocenters. The number of hydrogen-bond donors (Lipinski definition) is 2. The first-order chi connectivity index (χ1) is 9.79. The molecule has 2 aromatic rings. The molecule has 1 heterocycles. The average molecular weight is 269 g/mol. The van der Waals surface area contributed by atoms with E-state index in [0.29, 0.717) is 13.1 Å². The molecule has 0 aliphatic heterocycles. The molecule has 6 heteroatoms. The Balaban J connectivity index is 1.95. The maximum Gasteiger partial charge on any atom is 0.242 e. The minimum Gasteiger partial charge on any atom is -0.350 e. The minimum atomic E-state index is -0.128. The monoisotopic (exact) mass is 269 g/mol. The Kier molecular flexibility index (Phi) is 4.87. The molecular formula is C14H15N5O. The van der Waals surface area contributed by atoms with Gasteiger partial charge < -0.3 is 11.1 Å². The Morgan fingerprint density at radius 2 is 2.25 bits per heavy atom. The van der Waals surface area contributed by atoms with Crippen LogP contribution in [-0.2, 0) is 17.9 Å². The number of hydrogen-bond acceptors (Lipinski definition) is 4. The summed E-state index contributed by atoms with van der Waals surface area (Å²) < 4.78 is 1.47. The van der Waals surface area contributed by atoms with Gasteiger partial charge in [0.2, 0.25) is 5.91 Å². The Hall–Kier alpha value is -2.65. The molecular weight excluding hydrogens is 254 g/mol. The summed E-state index contributed by atoms with van der Waals surface area (Å²) >= 11 is 0. The summed E-state index contributed by atoms with van der Waals surface area (Å²) in [5.74, 6) is 5.67. The van der Waals surface area contributed by atoms with Gasteiger partial charge in [-0.1, -0.05) is 35.3 Å². The quantitative estimate of drug-likeness (QED) is 0.759. The SMILES string of the molecule is NCC#Cc1ccccc1CNC(=O)Cn1ccnn1. The summed E-state index contributed by atoms with van der Waals surface area (Å²) in [5, 5.41) is 10.2. The summed E-state index contributed by atoms with van der Waals surface area (Å²) in [6, 6.07) is 7.64. The molecule has 2 rings (SSSR count). The van der Waals surface area contributed by atoms with Crippen molar-refractivity contribution in [2.24, 2.45) is 5.73 Å². The van der Waals surface area contributed by atoms with E-state index in [-0.39, 0.29) is 12.5 Å². The fraction of sp³-hybridized carbons (Fsp3) is 0.214. The molecule has 3 N–H and O–H groups in total. The number of amides is 1. The van der Waals surface area contributed by atoms with Crippen molar-refractivity contribution in [3.05, 3.63) is 47.8 Å². The van der Waals surface area contributed by atoms with E-state index in [1.54, 1.807) is 6.20 Å². The van der Waals surface area contributed by atoms with Crippen LogP contribution in [0.4, 0.5) is 0 Å². The molecule has 1 aromatic carbocycles. The van der Waals surface area contributed by atoms with Crippen LogP contribution in [0.15, 0.2) is 36.7 Å². The van der Waals surface area contributed by atoms with Crippen LogP contribution in [0.1, 0.15) is 11.1 Å². The molecule has 102 valence electrons. The maximum atomic E-state index is 11.8. The predicted octanol–water partition coefficient (Wildman–Crippen LogP) is -0.0953. The Morgan fingerprint density at radius 3 is 3.00 bits per heavy atom. The zero-order valence-electron chi connectivity index (χ0n) is 10.9. The van der Waals surface area contributed by atoms with E-state index in [9.17, 15) is 4.79 Å². The third kappa shape index (κ3) is 3.93. The molecule has 0 radical (unpaired) electrons. The van der Waals surface area contributed by atoms with Crippen molar-refractivity contribution in [3.63, 3.8) is 0 Å². The molecule has 0 fully saturated rings. The smallest absolute Gasteiger partial charge is 0.242 e. The molecule has 6 nitrogen and oxygen atoms in total. The molecule has 1 aromatic heterocycles. The van der Waals surface area contributed by atoms with E-state index in [1.165, 1.54) is 10.9 Å². The van der Waals surface area contributed by atoms with Crippen LogP contribution in [0.2, 0.25) is 0 Å². The van der Waals surface area contributed by atoms with Gasteiger partial charge in [0.25, 0.3) is 0 Å². The van der Waals surface area contributed by atoms with Crippen LogP contribution < -0.4 is 11.1 Å². The number of carbonyl (C=O) groups excluding carboxylic acids is 1. The predicted molar refractivity (Wildman–Crippen MR) is 74.2 cm³/mol. The number of nitrogens with one attached hydrogen (secondary N) is 1. The molecule has 0 bridgehead atoms. The first-order valence-electron chi connectivity index (χ1n) is 6.17. The second kappa shape index (κ2) is 7.07. The van der Waals surface area contributed by atoms with Crippen molar-refractivity contribution in [2.75, 3.05) is 6.54 Å². The number of nitrogens with zero attached hydrogens (tertiary/aromatic N) is 3. The highest BCUT2D eigenvalue weighted by Gasteiger charge is 2.04. The van der Waals surface area contributed by atoms with E-state index >= 15 is 0 Å². The van der Waals surface area contributed by atoms with Crippen molar-refractivity contribution < 1.29 is 4.79 Å². The molecule has 0 aliphatic carbocycles. The lowest BCUT2D eigenvalue weighted by molar-refractivity contribution is -0.122. The first kappa shape index (κ1) is 13.8. The van der Waals surface area contributed by atoms with Gasteiger partial charge in [-0.15, -0.1) is 5.10 Å². The second-order valence-electron chi connectivity index (χ2n) is 4.04. The van der Waals surface area contributed by atoms with Crippen LogP contribution in [0.25, 0.3) is 0 Å². The Labute approximate surface area is 117 Å². The number of rotatable bonds is 4. The number of nitrogens with two attached hydrogens (primary N) is 1. The van der Waals surface area contributed by atoms with Gasteiger partial charge in [0.15, 0.2) is 0 Å². The standard InChI is InChI=1S/C14H15N5O/c15-7-3-6-12-4-1-2-5-13(12)10-16-14(20)11-19-9-8-17-18-19/h1-2,4-5,8-9H,7,10-11,15H2,(H,16,20). The van der Waals surface area contributed by atoms with Gasteiger partial charge in [-0.3, -0.25) is 4.79 Å². The second-order valence-corrected chi connectivity index (χ2v) is 4.04. The van der Waals surface area contributed by atoms with Crippen LogP contribution in [0, 0.1) is 11.8 Å². The lowest BCUT2D eigenvalue weighted by Gasteiger charge is -2.07. The number of benzene rings is 1. The van der Waals surface area contributed by atoms with Crippen LogP contribution >= 0.6 is 0 Å². The third-order valence-corrected chi connectivity index (χ3v) is 2.60. The maximum absolute atomic E-state index is 11.8. The van der Waals surface area contributed by atoms with E-state index in [1.807, 2.05) is 24.3 Å². The zero-order valence-corrected chi connectivity index (χ0v) is 10.9. The Bertz CT molecular complexity index is 625. The largest absolute Gasteiger partial charge is 0.350 e. The minimum absolute atomic E-state index is 0.128. The number of aromatic nitrogens is 3. The Morgan fingerprint density at radius 1 is 1.40 bits per heavy atom. The van der Waals surface area contributed by atoms with E-state index in [4.69, 9.17) is 5.73 Å². The van der Waals surface area contributed by atoms with Crippen molar-refractivity contribution in [3.8, 4) is 11.8 Å². The van der Waals surface area contributed by atoms with Gasteiger partial charge in [-0.05, 0) is 11.6 Å². The molecule has 0 saturated heterocycles. The summed E-state index contributed by atoms with van der Waals surface area (Å²) in [6.07, 6.45) is 3.17. The van der Waals surface area contributed by atoms with Gasteiger partial charge in [0.05, 0.1) is 12.7 Å². The molecule has 20 heavy (non-hydrogen) atoms. The molecule has 0 spiro atoms. The normalized spacial score (nSPS) is 9.65. The lowest BCUT2D eigenvalue weighted by atomic mass is 10.1. The summed E-state index contributed by atoms with van der Waals surface area (Å²) in [6.45, 7) is 0.882. The summed E-state index contributed by atoms with van der Waals surface area (Å²) in [4.78, 5) is 11.8. The fourth-order valence-electron chi connectivity index (χ4n) is 1.66. The average Bonchev–Trinajstić information content (AvgIpc) is 2.96. The zero-order chi connectivity index (χ0) is 14.2. The highest BCUT2D eigenvalue weighted by molar-refractivity contribution is 5.75. The van der Waals surface area contributed by atoms with Gasteiger partial charge in [-0.25, -0.2) is 4.68 Å².